The van der Waals surface area contributed by atoms with E-state index in [4.69, 9.17) is 4.52 Å². The number of nitrogens with one attached hydrogen (secondary N) is 1. The molecule has 1 unspecified atom stereocenters. The van der Waals surface area contributed by atoms with Gasteiger partial charge in [0, 0.05) is 17.2 Å². The van der Waals surface area contributed by atoms with Crippen molar-refractivity contribution in [1.82, 2.24) is 15.5 Å². The zero-order valence-electron chi connectivity index (χ0n) is 12.4. The molecule has 0 aromatic carbocycles. The number of hydrogen-bond acceptors (Lipinski definition) is 5. The van der Waals surface area contributed by atoms with Crippen molar-refractivity contribution < 1.29 is 4.52 Å². The van der Waals surface area contributed by atoms with Crippen LogP contribution in [0.4, 0.5) is 0 Å². The summed E-state index contributed by atoms with van der Waals surface area (Å²) in [5.41, 5.74) is 0. The number of hydrogen-bond donors (Lipinski definition) is 1. The quantitative estimate of drug-likeness (QED) is 0.833. The lowest BCUT2D eigenvalue weighted by Crippen LogP contribution is -2.33. The number of nitrogens with zero attached hydrogens (tertiary/aromatic N) is 2. The molecule has 1 aromatic rings. The lowest BCUT2D eigenvalue weighted by atomic mass is 10.1. The Bertz CT molecular complexity index is 396. The van der Waals surface area contributed by atoms with Crippen LogP contribution >= 0.6 is 11.8 Å². The maximum Gasteiger partial charge on any atom is 0.228 e. The Morgan fingerprint density at radius 1 is 1.42 bits per heavy atom. The number of thioether (sulfide) groups is 1. The van der Waals surface area contributed by atoms with E-state index in [2.05, 4.69) is 43.2 Å². The van der Waals surface area contributed by atoms with E-state index in [0.29, 0.717) is 6.04 Å². The summed E-state index contributed by atoms with van der Waals surface area (Å²) in [7, 11) is 0. The summed E-state index contributed by atoms with van der Waals surface area (Å²) in [6.07, 6.45) is 3.53. The highest BCUT2D eigenvalue weighted by molar-refractivity contribution is 7.99. The molecule has 1 N–H and O–H groups in total. The van der Waals surface area contributed by atoms with Gasteiger partial charge in [-0.1, -0.05) is 32.9 Å². The molecule has 1 atom stereocenters. The Hall–Kier alpha value is -0.550. The first-order valence-corrected chi connectivity index (χ1v) is 8.15. The first-order chi connectivity index (χ1) is 8.98. The summed E-state index contributed by atoms with van der Waals surface area (Å²) in [6, 6.07) is 0.508. The molecule has 0 bridgehead atoms. The fraction of sp³-hybridized carbons (Fsp3) is 0.857. The Kier molecular flexibility index (Phi) is 4.90. The van der Waals surface area contributed by atoms with Gasteiger partial charge in [0.1, 0.15) is 0 Å². The summed E-state index contributed by atoms with van der Waals surface area (Å²) in [4.78, 5) is 4.51. The Morgan fingerprint density at radius 3 is 2.74 bits per heavy atom. The largest absolute Gasteiger partial charge is 0.339 e. The highest BCUT2D eigenvalue weighted by atomic mass is 32.2. The lowest BCUT2D eigenvalue weighted by Gasteiger charge is -2.15. The Labute approximate surface area is 120 Å². The molecule has 1 fully saturated rings. The molecule has 108 valence electrons. The van der Waals surface area contributed by atoms with E-state index in [1.165, 1.54) is 12.8 Å². The second-order valence-corrected chi connectivity index (χ2v) is 8.01. The standard InChI is InChI=1S/C14H25N3OS/c1-5-15-11(10-6-7-10)8-13-16-12(17-18-13)9-19-14(2,3)4/h10-11,15H,5-9H2,1-4H3. The molecule has 0 spiro atoms. The fourth-order valence-corrected chi connectivity index (χ4v) is 2.75. The van der Waals surface area contributed by atoms with Gasteiger partial charge in [0.15, 0.2) is 5.82 Å². The van der Waals surface area contributed by atoms with Gasteiger partial charge in [-0.25, -0.2) is 0 Å². The summed E-state index contributed by atoms with van der Waals surface area (Å²) in [5.74, 6) is 3.23. The average molecular weight is 283 g/mol. The highest BCUT2D eigenvalue weighted by Gasteiger charge is 2.31. The van der Waals surface area contributed by atoms with Gasteiger partial charge in [0.05, 0.1) is 5.75 Å². The van der Waals surface area contributed by atoms with E-state index in [1.54, 1.807) is 0 Å². The van der Waals surface area contributed by atoms with Crippen molar-refractivity contribution in [3.63, 3.8) is 0 Å². The third kappa shape index (κ3) is 5.15. The van der Waals surface area contributed by atoms with E-state index < -0.39 is 0 Å². The molecule has 5 heteroatoms. The van der Waals surface area contributed by atoms with Gasteiger partial charge in [-0.15, -0.1) is 11.8 Å². The summed E-state index contributed by atoms with van der Waals surface area (Å²) in [6.45, 7) is 9.75. The molecule has 4 nitrogen and oxygen atoms in total. The third-order valence-corrected chi connectivity index (χ3v) is 4.46. The van der Waals surface area contributed by atoms with E-state index in [9.17, 15) is 0 Å². The zero-order valence-corrected chi connectivity index (χ0v) is 13.2. The molecule has 2 rings (SSSR count). The van der Waals surface area contributed by atoms with Crippen LogP contribution in [-0.2, 0) is 12.2 Å². The Balaban J connectivity index is 1.85. The van der Waals surface area contributed by atoms with E-state index in [0.717, 1.165) is 36.4 Å². The van der Waals surface area contributed by atoms with Gasteiger partial charge in [-0.3, -0.25) is 0 Å². The van der Waals surface area contributed by atoms with E-state index >= 15 is 0 Å². The van der Waals surface area contributed by atoms with Gasteiger partial charge in [0.25, 0.3) is 0 Å². The summed E-state index contributed by atoms with van der Waals surface area (Å²) in [5, 5.41) is 7.60. The predicted octanol–water partition coefficient (Wildman–Crippen LogP) is 3.03. The van der Waals surface area contributed by atoms with Gasteiger partial charge in [-0.05, 0) is 25.3 Å². The second-order valence-electron chi connectivity index (χ2n) is 6.21. The highest BCUT2D eigenvalue weighted by Crippen LogP contribution is 2.34. The molecule has 19 heavy (non-hydrogen) atoms. The third-order valence-electron chi connectivity index (χ3n) is 3.20. The van der Waals surface area contributed by atoms with Crippen LogP contribution in [0.3, 0.4) is 0 Å². The minimum atomic E-state index is 0.237. The molecule has 1 heterocycles. The second kappa shape index (κ2) is 6.27. The number of rotatable bonds is 7. The average Bonchev–Trinajstić information content (AvgIpc) is 3.07. The molecule has 1 saturated carbocycles. The summed E-state index contributed by atoms with van der Waals surface area (Å²) >= 11 is 1.85. The fourth-order valence-electron chi connectivity index (χ4n) is 2.07. The minimum absolute atomic E-state index is 0.237. The monoisotopic (exact) mass is 283 g/mol. The van der Waals surface area contributed by atoms with Crippen molar-refractivity contribution in [1.29, 1.82) is 0 Å². The van der Waals surface area contributed by atoms with Crippen molar-refractivity contribution in [3.8, 4) is 0 Å². The predicted molar refractivity (Wildman–Crippen MR) is 79.2 cm³/mol. The van der Waals surface area contributed by atoms with Gasteiger partial charge >= 0.3 is 0 Å². The first kappa shape index (κ1) is 14.9. The van der Waals surface area contributed by atoms with Crippen LogP contribution in [0.2, 0.25) is 0 Å². The summed E-state index contributed by atoms with van der Waals surface area (Å²) < 4.78 is 5.61. The molecular formula is C14H25N3OS. The van der Waals surface area contributed by atoms with E-state index in [-0.39, 0.29) is 4.75 Å². The first-order valence-electron chi connectivity index (χ1n) is 7.16. The van der Waals surface area contributed by atoms with Crippen LogP contribution in [0.1, 0.15) is 52.3 Å². The topological polar surface area (TPSA) is 51.0 Å². The van der Waals surface area contributed by atoms with Crippen molar-refractivity contribution >= 4 is 11.8 Å². The van der Waals surface area contributed by atoms with Crippen LogP contribution < -0.4 is 5.32 Å². The molecule has 0 radical (unpaired) electrons. The van der Waals surface area contributed by atoms with Gasteiger partial charge < -0.3 is 9.84 Å². The van der Waals surface area contributed by atoms with Crippen molar-refractivity contribution in [2.45, 2.75) is 63.5 Å². The SMILES string of the molecule is CCNC(Cc1nc(CSC(C)(C)C)no1)C1CC1. The van der Waals surface area contributed by atoms with Crippen LogP contribution in [0.15, 0.2) is 4.52 Å². The lowest BCUT2D eigenvalue weighted by molar-refractivity contribution is 0.345. The van der Waals surface area contributed by atoms with Crippen LogP contribution in [0, 0.1) is 5.92 Å². The van der Waals surface area contributed by atoms with Crippen LogP contribution in [0.5, 0.6) is 0 Å². The number of likely N-dealkylation sites (N-methyl/N-ethyl adjacent to an activating group) is 1. The van der Waals surface area contributed by atoms with Crippen LogP contribution in [0.25, 0.3) is 0 Å². The van der Waals surface area contributed by atoms with Crippen molar-refractivity contribution in [3.05, 3.63) is 11.7 Å². The van der Waals surface area contributed by atoms with Crippen LogP contribution in [-0.4, -0.2) is 27.5 Å². The normalized spacial score (nSPS) is 17.7. The molecule has 0 aliphatic heterocycles. The smallest absolute Gasteiger partial charge is 0.228 e. The van der Waals surface area contributed by atoms with E-state index in [1.807, 2.05) is 11.8 Å². The maximum atomic E-state index is 5.37. The molecule has 0 amide bonds. The number of aromatic nitrogens is 2. The van der Waals surface area contributed by atoms with Crippen molar-refractivity contribution in [2.75, 3.05) is 6.54 Å². The minimum Gasteiger partial charge on any atom is -0.339 e. The molecule has 1 aromatic heterocycles. The molecule has 0 saturated heterocycles. The van der Waals surface area contributed by atoms with Gasteiger partial charge in [-0.2, -0.15) is 4.98 Å². The zero-order chi connectivity index (χ0) is 13.9. The molecule has 1 aliphatic carbocycles. The Morgan fingerprint density at radius 2 is 2.16 bits per heavy atom. The molecular weight excluding hydrogens is 258 g/mol. The molecule has 1 aliphatic rings. The van der Waals surface area contributed by atoms with Gasteiger partial charge in [0.2, 0.25) is 5.89 Å². The van der Waals surface area contributed by atoms with Crippen molar-refractivity contribution in [2.24, 2.45) is 5.92 Å². The maximum absolute atomic E-state index is 5.37.